The summed E-state index contributed by atoms with van der Waals surface area (Å²) >= 11 is 5.96. The lowest BCUT2D eigenvalue weighted by Gasteiger charge is -2.16. The summed E-state index contributed by atoms with van der Waals surface area (Å²) in [4.78, 5) is 15.2. The highest BCUT2D eigenvalue weighted by molar-refractivity contribution is 6.32. The Labute approximate surface area is 82.4 Å². The molecule has 3 nitrogen and oxygen atoms in total. The van der Waals surface area contributed by atoms with Crippen LogP contribution in [0.3, 0.4) is 0 Å². The predicted molar refractivity (Wildman–Crippen MR) is 51.8 cm³/mol. The van der Waals surface area contributed by atoms with Gasteiger partial charge in [0.05, 0.1) is 11.1 Å². The molecule has 1 saturated carbocycles. The fourth-order valence-corrected chi connectivity index (χ4v) is 1.50. The van der Waals surface area contributed by atoms with E-state index in [1.807, 2.05) is 0 Å². The molecule has 0 aromatic heterocycles. The molecule has 1 atom stereocenters. The molecule has 0 bridgehead atoms. The first kappa shape index (κ1) is 10.3. The second-order valence-corrected chi connectivity index (χ2v) is 3.44. The van der Waals surface area contributed by atoms with Crippen LogP contribution in [0.1, 0.15) is 25.7 Å². The second-order valence-electron chi connectivity index (χ2n) is 2.91. The van der Waals surface area contributed by atoms with Gasteiger partial charge in [0.2, 0.25) is 0 Å². The number of oxime groups is 1. The van der Waals surface area contributed by atoms with E-state index in [1.165, 1.54) is 0 Å². The molecular weight excluding hydrogens is 190 g/mol. The van der Waals surface area contributed by atoms with Crippen LogP contribution in [0.4, 0.5) is 0 Å². The Morgan fingerprint density at radius 1 is 1.69 bits per heavy atom. The van der Waals surface area contributed by atoms with Gasteiger partial charge in [-0.25, -0.2) is 4.79 Å². The van der Waals surface area contributed by atoms with Crippen molar-refractivity contribution < 1.29 is 9.63 Å². The fourth-order valence-electron chi connectivity index (χ4n) is 1.20. The van der Waals surface area contributed by atoms with Crippen molar-refractivity contribution in [3.8, 4) is 0 Å². The van der Waals surface area contributed by atoms with Gasteiger partial charge >= 0.3 is 5.97 Å². The van der Waals surface area contributed by atoms with E-state index in [9.17, 15) is 4.79 Å². The summed E-state index contributed by atoms with van der Waals surface area (Å²) in [6.45, 7) is 3.27. The summed E-state index contributed by atoms with van der Waals surface area (Å²) in [6.07, 6.45) is 4.98. The zero-order valence-electron chi connectivity index (χ0n) is 7.33. The lowest BCUT2D eigenvalue weighted by atomic mass is 9.98. The Hall–Kier alpha value is -0.830. The highest BCUT2D eigenvalue weighted by Gasteiger charge is 2.18. The van der Waals surface area contributed by atoms with Crippen LogP contribution in [0.5, 0.6) is 0 Å². The molecule has 0 radical (unpaired) electrons. The SMILES string of the molecule is C=CC(=O)ON=C1CCCCC1Cl. The lowest BCUT2D eigenvalue weighted by Crippen LogP contribution is -2.20. The van der Waals surface area contributed by atoms with E-state index < -0.39 is 5.97 Å². The maximum absolute atomic E-state index is 10.7. The molecule has 1 aliphatic carbocycles. The van der Waals surface area contributed by atoms with Crippen molar-refractivity contribution in [2.75, 3.05) is 0 Å². The molecule has 0 amide bonds. The van der Waals surface area contributed by atoms with Gasteiger partial charge < -0.3 is 4.84 Å². The fraction of sp³-hybridized carbons (Fsp3) is 0.556. The molecule has 0 spiro atoms. The van der Waals surface area contributed by atoms with Gasteiger partial charge in [-0.15, -0.1) is 11.6 Å². The molecule has 0 heterocycles. The molecule has 13 heavy (non-hydrogen) atoms. The number of alkyl halides is 1. The minimum Gasteiger partial charge on any atom is -0.314 e. The number of hydrogen-bond acceptors (Lipinski definition) is 3. The monoisotopic (exact) mass is 201 g/mol. The molecule has 0 aromatic carbocycles. The minimum atomic E-state index is -0.540. The van der Waals surface area contributed by atoms with E-state index in [0.29, 0.717) is 0 Å². The lowest BCUT2D eigenvalue weighted by molar-refractivity contribution is -0.137. The van der Waals surface area contributed by atoms with Gasteiger partial charge in [-0.3, -0.25) is 0 Å². The third-order valence-corrected chi connectivity index (χ3v) is 2.39. The summed E-state index contributed by atoms with van der Waals surface area (Å²) < 4.78 is 0. The maximum atomic E-state index is 10.7. The molecule has 72 valence electrons. The van der Waals surface area contributed by atoms with Crippen molar-refractivity contribution in [2.45, 2.75) is 31.1 Å². The van der Waals surface area contributed by atoms with Crippen molar-refractivity contribution in [3.05, 3.63) is 12.7 Å². The number of hydrogen-bond donors (Lipinski definition) is 0. The first-order valence-electron chi connectivity index (χ1n) is 4.28. The van der Waals surface area contributed by atoms with Gasteiger partial charge in [0.1, 0.15) is 0 Å². The van der Waals surface area contributed by atoms with Crippen LogP contribution in [0, 0.1) is 0 Å². The van der Waals surface area contributed by atoms with Crippen LogP contribution >= 0.6 is 11.6 Å². The Kier molecular flexibility index (Phi) is 3.96. The van der Waals surface area contributed by atoms with Gasteiger partial charge in [-0.1, -0.05) is 18.2 Å². The molecule has 0 aliphatic heterocycles. The summed E-state index contributed by atoms with van der Waals surface area (Å²) in [5.41, 5.74) is 0.767. The van der Waals surface area contributed by atoms with Gasteiger partial charge in [0.15, 0.2) is 0 Å². The van der Waals surface area contributed by atoms with Crippen LogP contribution in [-0.4, -0.2) is 17.1 Å². The summed E-state index contributed by atoms with van der Waals surface area (Å²) in [5.74, 6) is -0.540. The highest BCUT2D eigenvalue weighted by atomic mass is 35.5. The smallest absolute Gasteiger partial charge is 0.314 e. The van der Waals surface area contributed by atoms with Gasteiger partial charge in [0, 0.05) is 6.08 Å². The number of rotatable bonds is 2. The van der Waals surface area contributed by atoms with Crippen LogP contribution < -0.4 is 0 Å². The van der Waals surface area contributed by atoms with Crippen molar-refractivity contribution >= 4 is 23.3 Å². The van der Waals surface area contributed by atoms with Gasteiger partial charge in [0.25, 0.3) is 0 Å². The van der Waals surface area contributed by atoms with Crippen molar-refractivity contribution in [3.63, 3.8) is 0 Å². The Morgan fingerprint density at radius 2 is 2.46 bits per heavy atom. The number of carbonyl (C=O) groups excluding carboxylic acids is 1. The molecule has 1 rings (SSSR count). The highest BCUT2D eigenvalue weighted by Crippen LogP contribution is 2.20. The average Bonchev–Trinajstić information content (AvgIpc) is 2.16. The molecule has 0 N–H and O–H groups in total. The summed E-state index contributed by atoms with van der Waals surface area (Å²) in [7, 11) is 0. The zero-order chi connectivity index (χ0) is 9.68. The maximum Gasteiger partial charge on any atom is 0.357 e. The van der Waals surface area contributed by atoms with E-state index in [2.05, 4.69) is 16.6 Å². The topological polar surface area (TPSA) is 38.7 Å². The normalized spacial score (nSPS) is 25.6. The number of carbonyl (C=O) groups is 1. The molecular formula is C9H12ClNO2. The summed E-state index contributed by atoms with van der Waals surface area (Å²) in [6, 6.07) is 0. The molecule has 1 fully saturated rings. The first-order valence-corrected chi connectivity index (χ1v) is 4.72. The Balaban J connectivity index is 2.48. The number of halogens is 1. The number of nitrogens with zero attached hydrogens (tertiary/aromatic N) is 1. The predicted octanol–water partition coefficient (Wildman–Crippen LogP) is 2.25. The summed E-state index contributed by atoms with van der Waals surface area (Å²) in [5, 5.41) is 3.62. The molecule has 1 unspecified atom stereocenters. The zero-order valence-corrected chi connectivity index (χ0v) is 8.09. The van der Waals surface area contributed by atoms with Crippen LogP contribution in [0.15, 0.2) is 17.8 Å². The molecule has 1 aliphatic rings. The third kappa shape index (κ3) is 3.19. The van der Waals surface area contributed by atoms with Gasteiger partial charge in [-0.05, 0) is 19.3 Å². The van der Waals surface area contributed by atoms with Crippen molar-refractivity contribution in [1.29, 1.82) is 0 Å². The Morgan fingerprint density at radius 3 is 3.08 bits per heavy atom. The first-order chi connectivity index (χ1) is 6.24. The van der Waals surface area contributed by atoms with E-state index in [0.717, 1.165) is 37.5 Å². The largest absolute Gasteiger partial charge is 0.357 e. The standard InChI is InChI=1S/C9H12ClNO2/c1-2-9(12)13-11-8-6-4-3-5-7(8)10/h2,7H,1,3-6H2. The van der Waals surface area contributed by atoms with Crippen LogP contribution in [0.2, 0.25) is 0 Å². The van der Waals surface area contributed by atoms with E-state index in [4.69, 9.17) is 11.6 Å². The average molecular weight is 202 g/mol. The second kappa shape index (κ2) is 5.02. The molecule has 4 heteroatoms. The van der Waals surface area contributed by atoms with E-state index >= 15 is 0 Å². The molecule has 0 saturated heterocycles. The Bertz CT molecular complexity index is 238. The van der Waals surface area contributed by atoms with Crippen LogP contribution in [0.25, 0.3) is 0 Å². The van der Waals surface area contributed by atoms with Gasteiger partial charge in [-0.2, -0.15) is 0 Å². The van der Waals surface area contributed by atoms with Crippen molar-refractivity contribution in [1.82, 2.24) is 0 Å². The molecule has 0 aromatic rings. The third-order valence-electron chi connectivity index (χ3n) is 1.92. The van der Waals surface area contributed by atoms with E-state index in [-0.39, 0.29) is 5.38 Å². The minimum absolute atomic E-state index is 0.0774. The van der Waals surface area contributed by atoms with Crippen LogP contribution in [-0.2, 0) is 9.63 Å². The quantitative estimate of drug-likeness (QED) is 0.298. The van der Waals surface area contributed by atoms with E-state index in [1.54, 1.807) is 0 Å². The van der Waals surface area contributed by atoms with Crippen molar-refractivity contribution in [2.24, 2.45) is 5.16 Å².